The van der Waals surface area contributed by atoms with Crippen molar-refractivity contribution >= 4 is 11.6 Å². The van der Waals surface area contributed by atoms with Gasteiger partial charge in [0.05, 0.1) is 0 Å². The van der Waals surface area contributed by atoms with Gasteiger partial charge in [0.1, 0.15) is 17.4 Å². The average Bonchev–Trinajstić information content (AvgIpc) is 2.37. The van der Waals surface area contributed by atoms with Crippen molar-refractivity contribution in [1.82, 2.24) is 0 Å². The zero-order valence-corrected chi connectivity index (χ0v) is 10.8. The molecule has 5 nitrogen and oxygen atoms in total. The van der Waals surface area contributed by atoms with Gasteiger partial charge >= 0.3 is 0 Å². The summed E-state index contributed by atoms with van der Waals surface area (Å²) >= 11 is 0. The van der Waals surface area contributed by atoms with E-state index in [2.05, 4.69) is 0 Å². The van der Waals surface area contributed by atoms with Crippen molar-refractivity contribution in [3.8, 4) is 11.8 Å². The van der Waals surface area contributed by atoms with Crippen molar-refractivity contribution in [3.63, 3.8) is 0 Å². The Morgan fingerprint density at radius 1 is 1.26 bits per heavy atom. The molecule has 0 amide bonds. The first kappa shape index (κ1) is 14.5. The molecule has 0 unspecified atom stereocenters. The minimum absolute atomic E-state index is 0.0453. The molecule has 1 aromatic rings. The minimum atomic E-state index is -0.474. The van der Waals surface area contributed by atoms with Crippen LogP contribution in [0.4, 0.5) is 0 Å². The van der Waals surface area contributed by atoms with Crippen LogP contribution in [-0.2, 0) is 4.79 Å². The van der Waals surface area contributed by atoms with E-state index < -0.39 is 5.78 Å². The number of ketones is 2. The number of hydrogen-bond donors (Lipinski definition) is 1. The summed E-state index contributed by atoms with van der Waals surface area (Å²) in [5.41, 5.74) is 6.05. The van der Waals surface area contributed by atoms with Gasteiger partial charge in [-0.25, -0.2) is 0 Å². The van der Waals surface area contributed by atoms with Crippen LogP contribution < -0.4 is 10.5 Å². The molecule has 0 bridgehead atoms. The minimum Gasteiger partial charge on any atom is -0.485 e. The number of ether oxygens (including phenoxy) is 1. The summed E-state index contributed by atoms with van der Waals surface area (Å²) in [5.74, 6) is -0.0699. The molecule has 0 saturated carbocycles. The van der Waals surface area contributed by atoms with Crippen LogP contribution in [0.15, 0.2) is 35.5 Å². The Morgan fingerprint density at radius 3 is 2.26 bits per heavy atom. The fourth-order valence-corrected chi connectivity index (χ4v) is 1.38. The Morgan fingerprint density at radius 2 is 1.84 bits per heavy atom. The van der Waals surface area contributed by atoms with Crippen LogP contribution in [0.25, 0.3) is 0 Å². The third-order valence-electron chi connectivity index (χ3n) is 2.42. The summed E-state index contributed by atoms with van der Waals surface area (Å²) in [5, 5.41) is 8.76. The van der Waals surface area contributed by atoms with Crippen LogP contribution in [0.1, 0.15) is 24.2 Å². The number of carbonyl (C=O) groups is 2. The number of nitrogens with two attached hydrogens (primary N) is 1. The number of Topliss-reactive ketones (excluding diaryl/α,β-unsaturated/α-hetero) is 2. The largest absolute Gasteiger partial charge is 0.485 e. The van der Waals surface area contributed by atoms with Crippen LogP contribution in [-0.4, -0.2) is 18.2 Å². The quantitative estimate of drug-likeness (QED) is 0.492. The van der Waals surface area contributed by atoms with Gasteiger partial charge in [-0.15, -0.1) is 0 Å². The molecular weight excluding hydrogens is 244 g/mol. The van der Waals surface area contributed by atoms with Crippen molar-refractivity contribution in [2.24, 2.45) is 5.73 Å². The second kappa shape index (κ2) is 6.36. The molecular formula is C14H14N2O3. The highest BCUT2D eigenvalue weighted by Crippen LogP contribution is 2.13. The SMILES string of the molecule is CC(=O)c1ccc(OCC(=O)/C(C#N)=C(/C)N)cc1. The molecule has 5 heteroatoms. The Balaban J connectivity index is 2.68. The van der Waals surface area contributed by atoms with Crippen molar-refractivity contribution < 1.29 is 14.3 Å². The molecule has 98 valence electrons. The molecule has 0 aromatic heterocycles. The fourth-order valence-electron chi connectivity index (χ4n) is 1.38. The molecule has 0 fully saturated rings. The number of rotatable bonds is 5. The van der Waals surface area contributed by atoms with Gasteiger partial charge in [0.2, 0.25) is 5.78 Å². The molecule has 0 saturated heterocycles. The van der Waals surface area contributed by atoms with Crippen LogP contribution in [0.3, 0.4) is 0 Å². The first-order valence-electron chi connectivity index (χ1n) is 5.59. The van der Waals surface area contributed by atoms with E-state index in [4.69, 9.17) is 15.7 Å². The zero-order valence-electron chi connectivity index (χ0n) is 10.8. The lowest BCUT2D eigenvalue weighted by molar-refractivity contribution is -0.117. The van der Waals surface area contributed by atoms with Gasteiger partial charge in [0, 0.05) is 11.3 Å². The summed E-state index contributed by atoms with van der Waals surface area (Å²) in [6.45, 7) is 2.68. The fraction of sp³-hybridized carbons (Fsp3) is 0.214. The number of carbonyl (C=O) groups excluding carboxylic acids is 2. The monoisotopic (exact) mass is 258 g/mol. The van der Waals surface area contributed by atoms with Crippen LogP contribution in [0.5, 0.6) is 5.75 Å². The van der Waals surface area contributed by atoms with Gasteiger partial charge < -0.3 is 10.5 Å². The molecule has 0 aliphatic heterocycles. The van der Waals surface area contributed by atoms with Crippen molar-refractivity contribution in [2.75, 3.05) is 6.61 Å². The number of nitrogens with zero attached hydrogens (tertiary/aromatic N) is 1. The van der Waals surface area contributed by atoms with Gasteiger partial charge in [0.25, 0.3) is 0 Å². The highest BCUT2D eigenvalue weighted by molar-refractivity contribution is 6.00. The van der Waals surface area contributed by atoms with E-state index >= 15 is 0 Å². The molecule has 0 heterocycles. The lowest BCUT2D eigenvalue weighted by Gasteiger charge is -2.06. The average molecular weight is 258 g/mol. The predicted octanol–water partition coefficient (Wildman–Crippen LogP) is 1.59. The lowest BCUT2D eigenvalue weighted by Crippen LogP contribution is -2.16. The summed E-state index contributed by atoms with van der Waals surface area (Å²) in [6.07, 6.45) is 0. The highest BCUT2D eigenvalue weighted by atomic mass is 16.5. The maximum atomic E-state index is 11.6. The number of hydrogen-bond acceptors (Lipinski definition) is 5. The van der Waals surface area contributed by atoms with Gasteiger partial charge in [0.15, 0.2) is 12.4 Å². The maximum Gasteiger partial charge on any atom is 0.212 e. The Bertz CT molecular complexity index is 561. The molecule has 0 aliphatic rings. The summed E-state index contributed by atoms with van der Waals surface area (Å²) in [6, 6.07) is 8.14. The third-order valence-corrected chi connectivity index (χ3v) is 2.42. The molecule has 1 rings (SSSR count). The predicted molar refractivity (Wildman–Crippen MR) is 69.4 cm³/mol. The molecule has 0 aliphatic carbocycles. The van der Waals surface area contributed by atoms with Crippen molar-refractivity contribution in [2.45, 2.75) is 13.8 Å². The van der Waals surface area contributed by atoms with Crippen LogP contribution in [0, 0.1) is 11.3 Å². The van der Waals surface area contributed by atoms with E-state index in [0.29, 0.717) is 11.3 Å². The summed E-state index contributed by atoms with van der Waals surface area (Å²) < 4.78 is 5.23. The Hall–Kier alpha value is -2.61. The second-order valence-corrected chi connectivity index (χ2v) is 3.96. The second-order valence-electron chi connectivity index (χ2n) is 3.96. The van der Waals surface area contributed by atoms with E-state index in [1.54, 1.807) is 30.3 Å². The topological polar surface area (TPSA) is 93.2 Å². The molecule has 0 radical (unpaired) electrons. The molecule has 0 atom stereocenters. The molecule has 2 N–H and O–H groups in total. The van der Waals surface area contributed by atoms with Gasteiger partial charge in [-0.1, -0.05) is 0 Å². The lowest BCUT2D eigenvalue weighted by atomic mass is 10.1. The van der Waals surface area contributed by atoms with Crippen molar-refractivity contribution in [3.05, 3.63) is 41.1 Å². The molecule has 1 aromatic carbocycles. The first-order valence-corrected chi connectivity index (χ1v) is 5.59. The third kappa shape index (κ3) is 3.96. The molecule has 0 spiro atoms. The van der Waals surface area contributed by atoms with E-state index in [1.165, 1.54) is 13.8 Å². The van der Waals surface area contributed by atoms with E-state index in [9.17, 15) is 9.59 Å². The van der Waals surface area contributed by atoms with E-state index in [0.717, 1.165) is 0 Å². The van der Waals surface area contributed by atoms with Crippen LogP contribution >= 0.6 is 0 Å². The van der Waals surface area contributed by atoms with Gasteiger partial charge in [-0.2, -0.15) is 5.26 Å². The number of benzene rings is 1. The normalized spacial score (nSPS) is 11.2. The van der Waals surface area contributed by atoms with Crippen LogP contribution in [0.2, 0.25) is 0 Å². The standard InChI is InChI=1S/C14H14N2O3/c1-9(16)13(7-15)14(18)8-19-12-5-3-11(4-6-12)10(2)17/h3-6H,8,16H2,1-2H3/b13-9-. The smallest absolute Gasteiger partial charge is 0.212 e. The highest BCUT2D eigenvalue weighted by Gasteiger charge is 2.12. The summed E-state index contributed by atoms with van der Waals surface area (Å²) in [7, 11) is 0. The Labute approximate surface area is 111 Å². The number of allylic oxidation sites excluding steroid dienone is 1. The molecule has 19 heavy (non-hydrogen) atoms. The maximum absolute atomic E-state index is 11.6. The van der Waals surface area contributed by atoms with Gasteiger partial charge in [-0.3, -0.25) is 9.59 Å². The van der Waals surface area contributed by atoms with E-state index in [1.807, 2.05) is 0 Å². The Kier molecular flexibility index (Phi) is 4.84. The number of nitriles is 1. The zero-order chi connectivity index (χ0) is 14.4. The van der Waals surface area contributed by atoms with E-state index in [-0.39, 0.29) is 23.7 Å². The first-order chi connectivity index (χ1) is 8.95. The summed E-state index contributed by atoms with van der Waals surface area (Å²) in [4.78, 5) is 22.7. The van der Waals surface area contributed by atoms with Crippen molar-refractivity contribution in [1.29, 1.82) is 5.26 Å². The van der Waals surface area contributed by atoms with Gasteiger partial charge in [-0.05, 0) is 38.1 Å².